The largest absolute Gasteiger partial charge is 0.550 e. The van der Waals surface area contributed by atoms with Crippen LogP contribution in [-0.2, 0) is 23.7 Å². The molecule has 0 saturated heterocycles. The first-order valence-corrected chi connectivity index (χ1v) is 8.13. The first kappa shape index (κ1) is 24.5. The lowest BCUT2D eigenvalue weighted by molar-refractivity contribution is -0.891. The second-order valence-corrected chi connectivity index (χ2v) is 5.50. The van der Waals surface area contributed by atoms with Crippen molar-refractivity contribution >= 4 is 5.97 Å². The average Bonchev–Trinajstić information content (AvgIpc) is 2.48. The standard InChI is InChI=1S/C10H24NO2.C6H12O4/c1-5-12-9-7-11(3,4)8-10-13-6-2;1-9-4-5-10-3-2-6(7)8/h5-10H2,1-4H3;2-5H2,1H3,(H,7,8)/q+1;/p-1. The molecular weight excluding hydrogens is 302 g/mol. The minimum atomic E-state index is -1.09. The summed E-state index contributed by atoms with van der Waals surface area (Å²) in [7, 11) is 5.97. The summed E-state index contributed by atoms with van der Waals surface area (Å²) in [4.78, 5) is 9.81. The minimum absolute atomic E-state index is 0.0519. The van der Waals surface area contributed by atoms with E-state index in [1.54, 1.807) is 7.11 Å². The van der Waals surface area contributed by atoms with Gasteiger partial charge < -0.3 is 33.3 Å². The monoisotopic (exact) mass is 337 g/mol. The minimum Gasteiger partial charge on any atom is -0.550 e. The Hall–Kier alpha value is -0.730. The van der Waals surface area contributed by atoms with Gasteiger partial charge in [-0.25, -0.2) is 0 Å². The fourth-order valence-electron chi connectivity index (χ4n) is 1.42. The van der Waals surface area contributed by atoms with Gasteiger partial charge in [0, 0.05) is 32.7 Å². The molecule has 0 radical (unpaired) electrons. The number of rotatable bonds is 14. The van der Waals surface area contributed by atoms with E-state index in [0.717, 1.165) is 44.0 Å². The van der Waals surface area contributed by atoms with Gasteiger partial charge in [-0.2, -0.15) is 0 Å². The number of nitrogens with zero attached hydrogens (tertiary/aromatic N) is 1. The van der Waals surface area contributed by atoms with Gasteiger partial charge in [-0.05, 0) is 13.8 Å². The normalized spacial score (nSPS) is 11.0. The van der Waals surface area contributed by atoms with E-state index in [2.05, 4.69) is 18.8 Å². The Kier molecular flexibility index (Phi) is 18.8. The molecule has 0 aliphatic rings. The molecule has 0 spiro atoms. The Morgan fingerprint density at radius 3 is 1.78 bits per heavy atom. The average molecular weight is 337 g/mol. The summed E-state index contributed by atoms with van der Waals surface area (Å²) in [6, 6.07) is 0. The topological polar surface area (TPSA) is 77.0 Å². The highest BCUT2D eigenvalue weighted by molar-refractivity contribution is 5.64. The number of carboxylic acid groups (broad SMARTS) is 1. The number of likely N-dealkylation sites (N-methyl/N-ethyl adjacent to an activating group) is 1. The SMILES string of the molecule is CCOCC[N+](C)(C)CCOCC.COCCOCCC(=O)[O-]. The lowest BCUT2D eigenvalue weighted by Crippen LogP contribution is -2.44. The van der Waals surface area contributed by atoms with E-state index in [1.807, 2.05) is 13.8 Å². The van der Waals surface area contributed by atoms with E-state index >= 15 is 0 Å². The van der Waals surface area contributed by atoms with Crippen LogP contribution in [0.25, 0.3) is 0 Å². The molecule has 0 rings (SSSR count). The zero-order valence-corrected chi connectivity index (χ0v) is 15.5. The van der Waals surface area contributed by atoms with Gasteiger partial charge in [0.2, 0.25) is 0 Å². The highest BCUT2D eigenvalue weighted by atomic mass is 16.5. The Morgan fingerprint density at radius 2 is 1.39 bits per heavy atom. The van der Waals surface area contributed by atoms with Crippen molar-refractivity contribution in [3.63, 3.8) is 0 Å². The molecule has 140 valence electrons. The van der Waals surface area contributed by atoms with Crippen molar-refractivity contribution in [3.05, 3.63) is 0 Å². The van der Waals surface area contributed by atoms with E-state index in [9.17, 15) is 9.90 Å². The molecule has 0 aliphatic carbocycles. The van der Waals surface area contributed by atoms with Crippen LogP contribution in [0.2, 0.25) is 0 Å². The lowest BCUT2D eigenvalue weighted by atomic mass is 10.4. The summed E-state index contributed by atoms with van der Waals surface area (Å²) in [6.07, 6.45) is -0.0519. The Labute approximate surface area is 141 Å². The molecule has 0 aliphatic heterocycles. The zero-order valence-electron chi connectivity index (χ0n) is 15.5. The van der Waals surface area contributed by atoms with Crippen molar-refractivity contribution in [3.8, 4) is 0 Å². The van der Waals surface area contributed by atoms with Gasteiger partial charge in [-0.3, -0.25) is 0 Å². The maximum Gasteiger partial charge on any atom is 0.102 e. The summed E-state index contributed by atoms with van der Waals surface area (Å²) in [5.74, 6) is -1.09. The van der Waals surface area contributed by atoms with Crippen LogP contribution in [0.15, 0.2) is 0 Å². The van der Waals surface area contributed by atoms with E-state index in [1.165, 1.54) is 0 Å². The van der Waals surface area contributed by atoms with Crippen molar-refractivity contribution in [2.45, 2.75) is 20.3 Å². The van der Waals surface area contributed by atoms with Gasteiger partial charge in [-0.1, -0.05) is 0 Å². The van der Waals surface area contributed by atoms with Crippen LogP contribution in [0.3, 0.4) is 0 Å². The van der Waals surface area contributed by atoms with Crippen LogP contribution in [0.1, 0.15) is 20.3 Å². The first-order valence-electron chi connectivity index (χ1n) is 8.13. The van der Waals surface area contributed by atoms with Crippen molar-refractivity contribution in [1.82, 2.24) is 0 Å². The number of carbonyl (C=O) groups excluding carboxylic acids is 1. The molecule has 0 bridgehead atoms. The highest BCUT2D eigenvalue weighted by Crippen LogP contribution is 1.96. The van der Waals surface area contributed by atoms with Gasteiger partial charge in [0.15, 0.2) is 0 Å². The summed E-state index contributed by atoms with van der Waals surface area (Å²) >= 11 is 0. The summed E-state index contributed by atoms with van der Waals surface area (Å²) in [5.41, 5.74) is 0. The quantitative estimate of drug-likeness (QED) is 0.326. The molecule has 0 N–H and O–H groups in total. The Morgan fingerprint density at radius 1 is 0.870 bits per heavy atom. The summed E-state index contributed by atoms with van der Waals surface area (Å²) in [6.45, 7) is 10.6. The van der Waals surface area contributed by atoms with Crippen molar-refractivity contribution in [1.29, 1.82) is 0 Å². The van der Waals surface area contributed by atoms with Crippen LogP contribution in [0.4, 0.5) is 0 Å². The van der Waals surface area contributed by atoms with Crippen molar-refractivity contribution in [2.24, 2.45) is 0 Å². The van der Waals surface area contributed by atoms with Gasteiger partial charge in [0.25, 0.3) is 0 Å². The molecule has 7 heteroatoms. The molecule has 0 atom stereocenters. The number of methoxy groups -OCH3 is 1. The molecule has 0 unspecified atom stereocenters. The molecule has 0 heterocycles. The maximum atomic E-state index is 9.81. The third-order valence-corrected chi connectivity index (χ3v) is 2.97. The van der Waals surface area contributed by atoms with E-state index in [-0.39, 0.29) is 13.0 Å². The number of carboxylic acids is 1. The molecule has 0 saturated carbocycles. The van der Waals surface area contributed by atoms with Crippen LogP contribution in [-0.4, -0.2) is 91.0 Å². The fraction of sp³-hybridized carbons (Fsp3) is 0.938. The van der Waals surface area contributed by atoms with E-state index in [4.69, 9.17) is 14.2 Å². The summed E-state index contributed by atoms with van der Waals surface area (Å²) in [5, 5.41) is 9.81. The molecule has 0 aromatic carbocycles. The number of quaternary nitrogens is 1. The van der Waals surface area contributed by atoms with E-state index < -0.39 is 5.97 Å². The molecule has 0 amide bonds. The third kappa shape index (κ3) is 23.7. The second kappa shape index (κ2) is 17.6. The van der Waals surface area contributed by atoms with Crippen LogP contribution in [0, 0.1) is 0 Å². The number of hydrogen-bond donors (Lipinski definition) is 0. The molecule has 23 heavy (non-hydrogen) atoms. The highest BCUT2D eigenvalue weighted by Gasteiger charge is 2.13. The summed E-state index contributed by atoms with van der Waals surface area (Å²) < 4.78 is 21.1. The maximum absolute atomic E-state index is 9.81. The third-order valence-electron chi connectivity index (χ3n) is 2.97. The van der Waals surface area contributed by atoms with Gasteiger partial charge in [0.1, 0.15) is 13.1 Å². The van der Waals surface area contributed by atoms with Gasteiger partial charge >= 0.3 is 0 Å². The number of ether oxygens (including phenoxy) is 4. The van der Waals surface area contributed by atoms with Crippen molar-refractivity contribution in [2.75, 3.05) is 80.5 Å². The van der Waals surface area contributed by atoms with Crippen molar-refractivity contribution < 1.29 is 33.3 Å². The smallest absolute Gasteiger partial charge is 0.102 e. The van der Waals surface area contributed by atoms with Crippen LogP contribution < -0.4 is 5.11 Å². The second-order valence-electron chi connectivity index (χ2n) is 5.50. The fourth-order valence-corrected chi connectivity index (χ4v) is 1.42. The number of carbonyl (C=O) groups is 1. The zero-order chi connectivity index (χ0) is 18.0. The molecule has 7 nitrogen and oxygen atoms in total. The molecule has 0 fully saturated rings. The predicted molar refractivity (Wildman–Crippen MR) is 87.1 cm³/mol. The number of hydrogen-bond acceptors (Lipinski definition) is 6. The molecule has 0 aromatic rings. The lowest BCUT2D eigenvalue weighted by Gasteiger charge is -2.29. The molecule has 0 aromatic heterocycles. The molecular formula is C16H35NO6. The predicted octanol–water partition coefficient (Wildman–Crippen LogP) is -0.0748. The Balaban J connectivity index is 0. The van der Waals surface area contributed by atoms with E-state index in [0.29, 0.717) is 13.2 Å². The van der Waals surface area contributed by atoms with Crippen LogP contribution >= 0.6 is 0 Å². The first-order chi connectivity index (χ1) is 10.9. The van der Waals surface area contributed by atoms with Crippen LogP contribution in [0.5, 0.6) is 0 Å². The number of aliphatic carboxylic acids is 1. The van der Waals surface area contributed by atoms with Gasteiger partial charge in [-0.15, -0.1) is 0 Å². The van der Waals surface area contributed by atoms with Gasteiger partial charge in [0.05, 0.1) is 47.1 Å². The Bertz CT molecular complexity index is 249.